The summed E-state index contributed by atoms with van der Waals surface area (Å²) in [5.41, 5.74) is 0.588. The van der Waals surface area contributed by atoms with Crippen molar-refractivity contribution in [2.75, 3.05) is 0 Å². The minimum absolute atomic E-state index is 0.184. The Morgan fingerprint density at radius 2 is 1.44 bits per heavy atom. The molecular weight excluding hydrogens is 446 g/mol. The summed E-state index contributed by atoms with van der Waals surface area (Å²) in [6, 6.07) is 24.4. The van der Waals surface area contributed by atoms with Crippen LogP contribution in [0.2, 0.25) is 5.04 Å². The number of imidazole rings is 1. The molecule has 0 bridgehead atoms. The lowest BCUT2D eigenvalue weighted by molar-refractivity contribution is 0.185. The minimum Gasteiger partial charge on any atom is -0.397 e. The number of fused-ring (bicyclic) bond motifs is 1. The summed E-state index contributed by atoms with van der Waals surface area (Å²) in [7, 11) is -2.81. The van der Waals surface area contributed by atoms with Gasteiger partial charge in [-0.1, -0.05) is 81.4 Å². The van der Waals surface area contributed by atoms with E-state index in [1.807, 2.05) is 22.9 Å². The van der Waals surface area contributed by atoms with Crippen molar-refractivity contribution in [3.05, 3.63) is 114 Å². The molecule has 1 aromatic heterocycles. The topological polar surface area (TPSA) is 27.1 Å². The molecule has 4 aromatic rings. The van der Waals surface area contributed by atoms with Crippen LogP contribution >= 0.6 is 0 Å². The zero-order valence-corrected chi connectivity index (χ0v) is 20.6. The second kappa shape index (κ2) is 8.60. The number of rotatable bonds is 5. The first-order valence-corrected chi connectivity index (χ1v) is 13.5. The summed E-state index contributed by atoms with van der Waals surface area (Å²) in [4.78, 5) is 4.63. The van der Waals surface area contributed by atoms with Gasteiger partial charge in [0.15, 0.2) is 0 Å². The van der Waals surface area contributed by atoms with Gasteiger partial charge >= 0.3 is 0 Å². The van der Waals surface area contributed by atoms with Gasteiger partial charge in [-0.25, -0.2) is 13.8 Å². The molecule has 2 atom stereocenters. The summed E-state index contributed by atoms with van der Waals surface area (Å²) >= 11 is 0. The Balaban J connectivity index is 1.63. The smallest absolute Gasteiger partial charge is 0.262 e. The van der Waals surface area contributed by atoms with Crippen LogP contribution in [-0.4, -0.2) is 17.9 Å². The Morgan fingerprint density at radius 1 is 0.882 bits per heavy atom. The quantitative estimate of drug-likeness (QED) is 0.343. The molecule has 1 aliphatic heterocycles. The maximum atomic E-state index is 14.1. The van der Waals surface area contributed by atoms with E-state index in [1.165, 1.54) is 22.5 Å². The van der Waals surface area contributed by atoms with Crippen LogP contribution in [0.5, 0.6) is 0 Å². The fraction of sp³-hybridized carbons (Fsp3) is 0.250. The number of benzene rings is 3. The summed E-state index contributed by atoms with van der Waals surface area (Å²) in [6.07, 6.45) is 3.87. The van der Waals surface area contributed by atoms with Gasteiger partial charge in [-0.3, -0.25) is 0 Å². The predicted molar refractivity (Wildman–Crippen MR) is 133 cm³/mol. The molecule has 174 valence electrons. The lowest BCUT2D eigenvalue weighted by Gasteiger charge is -2.44. The third kappa shape index (κ3) is 3.81. The highest BCUT2D eigenvalue weighted by Gasteiger charge is 2.53. The molecule has 2 unspecified atom stereocenters. The van der Waals surface area contributed by atoms with Crippen molar-refractivity contribution in [1.82, 2.24) is 9.55 Å². The molecule has 0 spiro atoms. The Kier molecular flexibility index (Phi) is 5.74. The van der Waals surface area contributed by atoms with Gasteiger partial charge < -0.3 is 8.99 Å². The van der Waals surface area contributed by atoms with Gasteiger partial charge in [-0.05, 0) is 33.1 Å². The highest BCUT2D eigenvalue weighted by Crippen LogP contribution is 2.45. The summed E-state index contributed by atoms with van der Waals surface area (Å²) in [5, 5.41) is 2.19. The first-order chi connectivity index (χ1) is 16.3. The first kappa shape index (κ1) is 22.7. The lowest BCUT2D eigenvalue weighted by atomic mass is 10.0. The first-order valence-electron chi connectivity index (χ1n) is 11.6. The second-order valence-corrected chi connectivity index (χ2v) is 14.2. The van der Waals surface area contributed by atoms with Crippen LogP contribution in [0, 0.1) is 11.6 Å². The molecule has 2 heterocycles. The maximum Gasteiger partial charge on any atom is 0.262 e. The zero-order chi connectivity index (χ0) is 23.9. The number of halogens is 2. The Morgan fingerprint density at radius 3 is 1.97 bits per heavy atom. The third-order valence-electron chi connectivity index (χ3n) is 6.77. The van der Waals surface area contributed by atoms with Crippen LogP contribution in [0.3, 0.4) is 0 Å². The van der Waals surface area contributed by atoms with Gasteiger partial charge in [0.25, 0.3) is 8.32 Å². The van der Waals surface area contributed by atoms with Crippen molar-refractivity contribution < 1.29 is 13.2 Å². The van der Waals surface area contributed by atoms with E-state index in [9.17, 15) is 8.78 Å². The normalized spacial score (nSPS) is 18.1. The van der Waals surface area contributed by atoms with Gasteiger partial charge in [-0.15, -0.1) is 0 Å². The van der Waals surface area contributed by atoms with Crippen LogP contribution in [0.25, 0.3) is 0 Å². The molecule has 34 heavy (non-hydrogen) atoms. The van der Waals surface area contributed by atoms with Gasteiger partial charge in [0.05, 0.1) is 6.04 Å². The largest absolute Gasteiger partial charge is 0.397 e. The Bertz CT molecular complexity index is 1230. The standard InChI is InChI=1S/C28H28F2N2OSi/c1-28(2,3)34(23-10-6-4-7-11-23,24-12-8-5-9-13-24)33-26-19-25(32-15-14-31-27(26)32)20-16-21(29)18-22(30)17-20/h4-18,25-26H,19H2,1-3H3. The Labute approximate surface area is 200 Å². The zero-order valence-electron chi connectivity index (χ0n) is 19.6. The van der Waals surface area contributed by atoms with Crippen molar-refractivity contribution in [3.8, 4) is 0 Å². The predicted octanol–water partition coefficient (Wildman–Crippen LogP) is 5.77. The molecule has 0 saturated carbocycles. The molecule has 0 saturated heterocycles. The van der Waals surface area contributed by atoms with E-state index in [-0.39, 0.29) is 17.2 Å². The van der Waals surface area contributed by atoms with Gasteiger partial charge in [0.2, 0.25) is 0 Å². The lowest BCUT2D eigenvalue weighted by Crippen LogP contribution is -2.66. The summed E-state index contributed by atoms with van der Waals surface area (Å²) < 4.78 is 37.4. The van der Waals surface area contributed by atoms with E-state index < -0.39 is 20.0 Å². The van der Waals surface area contributed by atoms with E-state index >= 15 is 0 Å². The molecule has 6 heteroatoms. The molecule has 3 aromatic carbocycles. The number of nitrogens with zero attached hydrogens (tertiary/aromatic N) is 2. The third-order valence-corrected chi connectivity index (χ3v) is 11.8. The highest BCUT2D eigenvalue weighted by molar-refractivity contribution is 6.99. The van der Waals surface area contributed by atoms with Crippen molar-refractivity contribution >= 4 is 18.7 Å². The molecule has 0 radical (unpaired) electrons. The van der Waals surface area contributed by atoms with Crippen LogP contribution in [0.15, 0.2) is 91.3 Å². The number of aromatic nitrogens is 2. The van der Waals surface area contributed by atoms with E-state index in [4.69, 9.17) is 4.43 Å². The van der Waals surface area contributed by atoms with Crippen molar-refractivity contribution in [3.63, 3.8) is 0 Å². The highest BCUT2D eigenvalue weighted by atomic mass is 28.4. The molecule has 0 N–H and O–H groups in total. The average Bonchev–Trinajstić information content (AvgIpc) is 3.41. The average molecular weight is 475 g/mol. The summed E-state index contributed by atoms with van der Waals surface area (Å²) in [6.45, 7) is 6.71. The van der Waals surface area contributed by atoms with Crippen LogP contribution < -0.4 is 10.4 Å². The molecule has 3 nitrogen and oxygen atoms in total. The molecular formula is C28H28F2N2OSi. The van der Waals surface area contributed by atoms with E-state index in [0.717, 1.165) is 11.9 Å². The van der Waals surface area contributed by atoms with Crippen LogP contribution in [-0.2, 0) is 4.43 Å². The van der Waals surface area contributed by atoms with Crippen molar-refractivity contribution in [2.45, 2.75) is 44.4 Å². The van der Waals surface area contributed by atoms with Crippen molar-refractivity contribution in [1.29, 1.82) is 0 Å². The molecule has 1 aliphatic rings. The minimum atomic E-state index is -2.81. The monoisotopic (exact) mass is 474 g/mol. The van der Waals surface area contributed by atoms with Gasteiger partial charge in [0, 0.05) is 24.9 Å². The van der Waals surface area contributed by atoms with Crippen LogP contribution in [0.4, 0.5) is 8.78 Å². The van der Waals surface area contributed by atoms with Gasteiger partial charge in [-0.2, -0.15) is 0 Å². The number of hydrogen-bond acceptors (Lipinski definition) is 2. The van der Waals surface area contributed by atoms with Gasteiger partial charge in [0.1, 0.15) is 23.6 Å². The molecule has 0 fully saturated rings. The molecule has 0 aliphatic carbocycles. The number of hydrogen-bond donors (Lipinski definition) is 0. The molecule has 5 rings (SSSR count). The van der Waals surface area contributed by atoms with Crippen LogP contribution in [0.1, 0.15) is 50.7 Å². The summed E-state index contributed by atoms with van der Waals surface area (Å²) in [5.74, 6) is -0.358. The second-order valence-electron chi connectivity index (χ2n) is 9.92. The fourth-order valence-corrected chi connectivity index (χ4v) is 9.97. The van der Waals surface area contributed by atoms with E-state index in [0.29, 0.717) is 12.0 Å². The van der Waals surface area contributed by atoms with E-state index in [1.54, 1.807) is 6.20 Å². The Hall–Kier alpha value is -3.09. The van der Waals surface area contributed by atoms with E-state index in [2.05, 4.69) is 74.3 Å². The maximum absolute atomic E-state index is 14.1. The molecule has 0 amide bonds. The SMILES string of the molecule is CC(C)(C)[Si](OC1CC(c2cc(F)cc(F)c2)n2ccnc21)(c1ccccc1)c1ccccc1. The fourth-order valence-electron chi connectivity index (χ4n) is 5.33. The van der Waals surface area contributed by atoms with Crippen molar-refractivity contribution in [2.24, 2.45) is 0 Å².